The Morgan fingerprint density at radius 2 is 2.03 bits per heavy atom. The predicted molar refractivity (Wildman–Crippen MR) is 116 cm³/mol. The fraction of sp³-hybridized carbons (Fsp3) is 0.833. The number of nitrogens with zero attached hydrogens (tertiary/aromatic N) is 3. The monoisotopic (exact) mass is 428 g/mol. The van der Waals surface area contributed by atoms with E-state index >= 15 is 0 Å². The molecule has 7 nitrogen and oxygen atoms in total. The van der Waals surface area contributed by atoms with Crippen LogP contribution < -0.4 is 0 Å². The van der Waals surface area contributed by atoms with E-state index in [-0.39, 0.29) is 41.1 Å². The first-order valence-electron chi connectivity index (χ1n) is 12.0. The number of aromatic nitrogens is 3. The first-order valence-corrected chi connectivity index (χ1v) is 12.0. The lowest BCUT2D eigenvalue weighted by atomic mass is 9.43. The third-order valence-corrected chi connectivity index (χ3v) is 9.65. The molecule has 4 saturated carbocycles. The Hall–Kier alpha value is -1.60. The van der Waals surface area contributed by atoms with Gasteiger partial charge in [-0.05, 0) is 74.5 Å². The van der Waals surface area contributed by atoms with Gasteiger partial charge in [0.2, 0.25) is 0 Å². The molecule has 0 aromatic carbocycles. The number of ketones is 1. The number of Topliss-reactive ketones (excluding diaryl/α,β-unsaturated/α-hetero) is 1. The van der Waals surface area contributed by atoms with Gasteiger partial charge in [-0.3, -0.25) is 4.79 Å². The highest BCUT2D eigenvalue weighted by molar-refractivity contribution is 5.89. The molecule has 31 heavy (non-hydrogen) atoms. The second-order valence-corrected chi connectivity index (χ2v) is 11.0. The Balaban J connectivity index is 1.43. The lowest BCUT2D eigenvalue weighted by molar-refractivity contribution is -0.134. The van der Waals surface area contributed by atoms with E-state index < -0.39 is 0 Å². The lowest BCUT2D eigenvalue weighted by Gasteiger charge is -2.61. The highest BCUT2D eigenvalue weighted by atomic mass is 16.5. The summed E-state index contributed by atoms with van der Waals surface area (Å²) in [6.07, 6.45) is 10.5. The summed E-state index contributed by atoms with van der Waals surface area (Å²) in [6.45, 7) is 3.19. The summed E-state index contributed by atoms with van der Waals surface area (Å²) in [4.78, 5) is 14.7. The molecule has 1 aromatic rings. The zero-order valence-electron chi connectivity index (χ0n) is 18.8. The molecule has 4 fully saturated rings. The minimum atomic E-state index is -0.209. The molecule has 170 valence electrons. The van der Waals surface area contributed by atoms with Crippen molar-refractivity contribution in [2.45, 2.75) is 70.9 Å². The second kappa shape index (κ2) is 7.77. The average molecular weight is 429 g/mol. The maximum Gasteiger partial charge on any atom is 0.159 e. The van der Waals surface area contributed by atoms with Gasteiger partial charge in [0.15, 0.2) is 5.78 Å². The fourth-order valence-electron chi connectivity index (χ4n) is 8.55. The largest absolute Gasteiger partial charge is 0.393 e. The molecule has 5 rings (SSSR count). The summed E-state index contributed by atoms with van der Waals surface area (Å²) in [5.41, 5.74) is 0.674. The zero-order valence-corrected chi connectivity index (χ0v) is 18.8. The molecule has 1 heterocycles. The zero-order chi connectivity index (χ0) is 21.8. The molecule has 1 unspecified atom stereocenters. The van der Waals surface area contributed by atoms with Crippen LogP contribution in [0.15, 0.2) is 12.4 Å². The molecule has 0 bridgehead atoms. The molecule has 0 spiro atoms. The van der Waals surface area contributed by atoms with Crippen molar-refractivity contribution in [1.82, 2.24) is 15.0 Å². The first-order chi connectivity index (χ1) is 14.9. The smallest absolute Gasteiger partial charge is 0.159 e. The van der Waals surface area contributed by atoms with Gasteiger partial charge < -0.3 is 15.3 Å². The van der Waals surface area contributed by atoms with Gasteiger partial charge in [0.25, 0.3) is 0 Å². The molecule has 0 saturated heterocycles. The molecule has 0 aliphatic heterocycles. The van der Waals surface area contributed by atoms with E-state index in [1.165, 1.54) is 4.80 Å². The van der Waals surface area contributed by atoms with E-state index in [9.17, 15) is 15.3 Å². The number of hydrogen-bond donors (Lipinski definition) is 2. The van der Waals surface area contributed by atoms with E-state index in [1.54, 1.807) is 19.5 Å². The molecule has 2 N–H and O–H groups in total. The topological polar surface area (TPSA) is 101 Å². The van der Waals surface area contributed by atoms with Crippen molar-refractivity contribution in [2.75, 3.05) is 13.7 Å². The van der Waals surface area contributed by atoms with Crippen molar-refractivity contribution in [3.63, 3.8) is 0 Å². The minimum absolute atomic E-state index is 0.0175. The molecule has 1 aromatic heterocycles. The van der Waals surface area contributed by atoms with Gasteiger partial charge in [-0.1, -0.05) is 6.92 Å². The van der Waals surface area contributed by atoms with Crippen molar-refractivity contribution >= 4 is 11.5 Å². The Labute approximate surface area is 184 Å². The number of nitrogens with one attached hydrogen (secondary N) is 1. The van der Waals surface area contributed by atoms with Gasteiger partial charge >= 0.3 is 0 Å². The number of aliphatic hydroxyl groups excluding tert-OH is 1. The Morgan fingerprint density at radius 3 is 2.77 bits per heavy atom. The number of ether oxygens (including phenoxy) is 1. The van der Waals surface area contributed by atoms with E-state index in [4.69, 9.17) is 4.74 Å². The van der Waals surface area contributed by atoms with Crippen LogP contribution in [0.3, 0.4) is 0 Å². The van der Waals surface area contributed by atoms with Crippen LogP contribution in [0, 0.1) is 45.8 Å². The fourth-order valence-corrected chi connectivity index (χ4v) is 8.55. The van der Waals surface area contributed by atoms with Gasteiger partial charge in [-0.25, -0.2) is 0 Å². The van der Waals surface area contributed by atoms with Gasteiger partial charge in [0.1, 0.15) is 6.54 Å². The maximum absolute atomic E-state index is 13.3. The standard InChI is InChI=1S/C24H36N4O3/c1-23-12-20(25)22-17(4-3-15-11-16(29)7-8-24(15,22)14-31-2)18(23)5-6-19(23)21(30)13-28-26-9-10-27-28/h9-10,15-19,22,25,29H,3-8,11-14H2,1-2H3/t15-,16+,17-,18-,19+,22?,23-,24+/m0/s1. The average Bonchev–Trinajstić information content (AvgIpc) is 3.35. The van der Waals surface area contributed by atoms with Crippen LogP contribution in [0.1, 0.15) is 58.3 Å². The number of rotatable bonds is 5. The Kier molecular flexibility index (Phi) is 5.32. The van der Waals surface area contributed by atoms with Crippen LogP contribution in [-0.2, 0) is 16.1 Å². The van der Waals surface area contributed by atoms with Crippen molar-refractivity contribution < 1.29 is 14.6 Å². The Bertz CT molecular complexity index is 842. The molecule has 8 atom stereocenters. The summed E-state index contributed by atoms with van der Waals surface area (Å²) in [7, 11) is 1.78. The maximum atomic E-state index is 13.3. The first kappa shape index (κ1) is 21.3. The van der Waals surface area contributed by atoms with Gasteiger partial charge in [0, 0.05) is 30.1 Å². The molecule has 0 amide bonds. The van der Waals surface area contributed by atoms with E-state index in [1.807, 2.05) is 0 Å². The summed E-state index contributed by atoms with van der Waals surface area (Å²) in [5.74, 6) is 1.80. The van der Waals surface area contributed by atoms with Crippen LogP contribution in [0.4, 0.5) is 0 Å². The van der Waals surface area contributed by atoms with Crippen molar-refractivity contribution in [3.8, 4) is 0 Å². The normalized spacial score (nSPS) is 44.4. The van der Waals surface area contributed by atoms with Crippen LogP contribution >= 0.6 is 0 Å². The second-order valence-electron chi connectivity index (χ2n) is 11.0. The third kappa shape index (κ3) is 3.22. The van der Waals surface area contributed by atoms with Crippen LogP contribution in [-0.4, -0.2) is 51.4 Å². The molecular formula is C24H36N4O3. The summed E-state index contributed by atoms with van der Waals surface area (Å²) in [6, 6.07) is 0. The number of methoxy groups -OCH3 is 1. The molecule has 7 heteroatoms. The van der Waals surface area contributed by atoms with E-state index in [0.717, 1.165) is 50.7 Å². The molecular weight excluding hydrogens is 392 g/mol. The van der Waals surface area contributed by atoms with Crippen LogP contribution in [0.5, 0.6) is 0 Å². The van der Waals surface area contributed by atoms with E-state index in [0.29, 0.717) is 30.8 Å². The van der Waals surface area contributed by atoms with Crippen LogP contribution in [0.25, 0.3) is 0 Å². The van der Waals surface area contributed by atoms with Gasteiger partial charge in [-0.15, -0.1) is 0 Å². The summed E-state index contributed by atoms with van der Waals surface area (Å²) >= 11 is 0. The number of carbonyl (C=O) groups excluding carboxylic acids is 1. The van der Waals surface area contributed by atoms with Crippen molar-refractivity contribution in [2.24, 2.45) is 40.4 Å². The van der Waals surface area contributed by atoms with Gasteiger partial charge in [0.05, 0.1) is 25.1 Å². The highest BCUT2D eigenvalue weighted by Gasteiger charge is 2.64. The summed E-state index contributed by atoms with van der Waals surface area (Å²) < 4.78 is 5.78. The quantitative estimate of drug-likeness (QED) is 0.750. The number of aliphatic hydroxyl groups is 1. The predicted octanol–water partition coefficient (Wildman–Crippen LogP) is 3.12. The van der Waals surface area contributed by atoms with E-state index in [2.05, 4.69) is 17.1 Å². The summed E-state index contributed by atoms with van der Waals surface area (Å²) in [5, 5.41) is 27.8. The number of carbonyl (C=O) groups is 1. The number of hydrogen-bond acceptors (Lipinski definition) is 6. The van der Waals surface area contributed by atoms with Gasteiger partial charge in [-0.2, -0.15) is 15.0 Å². The Morgan fingerprint density at radius 1 is 1.26 bits per heavy atom. The van der Waals surface area contributed by atoms with Crippen LogP contribution in [0.2, 0.25) is 0 Å². The third-order valence-electron chi connectivity index (χ3n) is 9.65. The SMILES string of the molecule is COC[C@]12CC[C@@H](O)C[C@@H]1CC[C@@H]1C2C(=N)C[C@]2(C)[C@@H](C(=O)Cn3nccn3)CC[C@@H]12. The lowest BCUT2D eigenvalue weighted by Crippen LogP contribution is -2.60. The molecule has 4 aliphatic carbocycles. The highest BCUT2D eigenvalue weighted by Crippen LogP contribution is 2.66. The number of fused-ring (bicyclic) bond motifs is 5. The van der Waals surface area contributed by atoms with Crippen molar-refractivity contribution in [3.05, 3.63) is 12.4 Å². The van der Waals surface area contributed by atoms with Crippen molar-refractivity contribution in [1.29, 1.82) is 5.41 Å². The minimum Gasteiger partial charge on any atom is -0.393 e. The molecule has 0 radical (unpaired) electrons. The molecule has 4 aliphatic rings.